The van der Waals surface area contributed by atoms with E-state index in [1.54, 1.807) is 20.2 Å². The molecule has 10 heteroatoms. The normalized spacial score (nSPS) is 11.7. The molecule has 4 aromatic rings. The molecule has 0 saturated heterocycles. The average Bonchev–Trinajstić information content (AvgIpc) is 3.40. The van der Waals surface area contributed by atoms with Gasteiger partial charge in [0.2, 0.25) is 5.88 Å². The minimum Gasteiger partial charge on any atom is -0.479 e. The van der Waals surface area contributed by atoms with Gasteiger partial charge >= 0.3 is 5.97 Å². The standard InChI is InChI=1S/C21H22N6O3.H2S/c1-5-30-20(28)16-10-22-26(12-16)21-24-17-11-23-27(18(17)19(25-21)29-4)14(3)15-8-6-7-13(2)9-15;/h6-12,14H,5H2,1-4H3;1H2/t14-;/m0./s1. The van der Waals surface area contributed by atoms with Gasteiger partial charge in [0.25, 0.3) is 5.95 Å². The highest BCUT2D eigenvalue weighted by Gasteiger charge is 2.20. The molecule has 0 saturated carbocycles. The number of fused-ring (bicyclic) bond motifs is 1. The molecule has 4 rings (SSSR count). The third-order valence-corrected chi connectivity index (χ3v) is 4.78. The van der Waals surface area contributed by atoms with Crippen molar-refractivity contribution in [1.29, 1.82) is 0 Å². The number of carbonyl (C=O) groups excluding carboxylic acids is 1. The van der Waals surface area contributed by atoms with Crippen LogP contribution in [-0.4, -0.2) is 49.2 Å². The first-order valence-electron chi connectivity index (χ1n) is 9.59. The summed E-state index contributed by atoms with van der Waals surface area (Å²) in [6.07, 6.45) is 4.62. The molecule has 0 aliphatic carbocycles. The number of ether oxygens (including phenoxy) is 2. The molecule has 0 spiro atoms. The summed E-state index contributed by atoms with van der Waals surface area (Å²) in [6.45, 7) is 6.16. The minimum absolute atomic E-state index is 0. The third-order valence-electron chi connectivity index (χ3n) is 4.78. The molecule has 31 heavy (non-hydrogen) atoms. The highest BCUT2D eigenvalue weighted by molar-refractivity contribution is 7.59. The van der Waals surface area contributed by atoms with Crippen molar-refractivity contribution in [2.24, 2.45) is 0 Å². The van der Waals surface area contributed by atoms with Crippen LogP contribution in [0.25, 0.3) is 17.0 Å². The van der Waals surface area contributed by atoms with Gasteiger partial charge in [0.1, 0.15) is 11.0 Å². The Labute approximate surface area is 186 Å². The van der Waals surface area contributed by atoms with Gasteiger partial charge in [0.15, 0.2) is 0 Å². The van der Waals surface area contributed by atoms with Gasteiger partial charge in [-0.3, -0.25) is 4.68 Å². The fourth-order valence-electron chi connectivity index (χ4n) is 3.28. The van der Waals surface area contributed by atoms with E-state index >= 15 is 0 Å². The molecule has 0 N–H and O–H groups in total. The van der Waals surface area contributed by atoms with E-state index in [1.165, 1.54) is 22.6 Å². The zero-order chi connectivity index (χ0) is 21.3. The molecule has 0 radical (unpaired) electrons. The average molecular weight is 441 g/mol. The van der Waals surface area contributed by atoms with Gasteiger partial charge in [0.05, 0.1) is 37.7 Å². The second-order valence-electron chi connectivity index (χ2n) is 6.84. The summed E-state index contributed by atoms with van der Waals surface area (Å²) in [5, 5.41) is 8.71. The zero-order valence-electron chi connectivity index (χ0n) is 17.7. The van der Waals surface area contributed by atoms with Crippen LogP contribution in [-0.2, 0) is 4.74 Å². The SMILES string of the molecule is CCOC(=O)c1cnn(-c2nc(OC)c3c(cnn3[C@@H](C)c3cccc(C)c3)n2)c1.S. The molecule has 0 unspecified atom stereocenters. The minimum atomic E-state index is -0.448. The van der Waals surface area contributed by atoms with E-state index < -0.39 is 5.97 Å². The number of aromatic nitrogens is 6. The molecular formula is C21H24N6O3S. The monoisotopic (exact) mass is 440 g/mol. The van der Waals surface area contributed by atoms with Crippen LogP contribution in [0.2, 0.25) is 0 Å². The van der Waals surface area contributed by atoms with Crippen LogP contribution in [0.1, 0.15) is 41.4 Å². The van der Waals surface area contributed by atoms with E-state index in [-0.39, 0.29) is 25.5 Å². The fourth-order valence-corrected chi connectivity index (χ4v) is 3.28. The van der Waals surface area contributed by atoms with Gasteiger partial charge in [-0.1, -0.05) is 29.8 Å². The van der Waals surface area contributed by atoms with E-state index in [2.05, 4.69) is 52.2 Å². The van der Waals surface area contributed by atoms with Crippen molar-refractivity contribution in [3.8, 4) is 11.8 Å². The maximum atomic E-state index is 11.9. The summed E-state index contributed by atoms with van der Waals surface area (Å²) >= 11 is 0. The van der Waals surface area contributed by atoms with Gasteiger partial charge in [-0.2, -0.15) is 28.7 Å². The molecule has 0 amide bonds. The fraction of sp³-hybridized carbons (Fsp3) is 0.286. The second kappa shape index (κ2) is 9.17. The number of hydrogen-bond donors (Lipinski definition) is 0. The highest BCUT2D eigenvalue weighted by Crippen LogP contribution is 2.28. The van der Waals surface area contributed by atoms with E-state index in [0.717, 1.165) is 5.56 Å². The Kier molecular flexibility index (Phi) is 6.59. The van der Waals surface area contributed by atoms with Gasteiger partial charge < -0.3 is 9.47 Å². The number of methoxy groups -OCH3 is 1. The van der Waals surface area contributed by atoms with Crippen LogP contribution < -0.4 is 4.74 Å². The van der Waals surface area contributed by atoms with E-state index in [4.69, 9.17) is 9.47 Å². The van der Waals surface area contributed by atoms with Crippen molar-refractivity contribution < 1.29 is 14.3 Å². The molecule has 3 aromatic heterocycles. The van der Waals surface area contributed by atoms with Gasteiger partial charge in [-0.25, -0.2) is 14.5 Å². The molecule has 3 heterocycles. The number of carbonyl (C=O) groups is 1. The van der Waals surface area contributed by atoms with Crippen molar-refractivity contribution in [3.05, 3.63) is 59.5 Å². The first-order valence-corrected chi connectivity index (χ1v) is 9.59. The van der Waals surface area contributed by atoms with Crippen LogP contribution in [0.15, 0.2) is 42.9 Å². The lowest BCUT2D eigenvalue weighted by atomic mass is 10.1. The van der Waals surface area contributed by atoms with Gasteiger partial charge in [-0.05, 0) is 26.3 Å². The first kappa shape index (κ1) is 22.3. The Bertz CT molecular complexity index is 1220. The Morgan fingerprint density at radius 1 is 1.19 bits per heavy atom. The molecule has 162 valence electrons. The van der Waals surface area contributed by atoms with Crippen LogP contribution >= 0.6 is 13.5 Å². The smallest absolute Gasteiger partial charge is 0.341 e. The van der Waals surface area contributed by atoms with Crippen LogP contribution in [0.3, 0.4) is 0 Å². The maximum absolute atomic E-state index is 11.9. The second-order valence-corrected chi connectivity index (χ2v) is 6.84. The number of nitrogens with zero attached hydrogens (tertiary/aromatic N) is 6. The largest absolute Gasteiger partial charge is 0.479 e. The molecule has 0 bridgehead atoms. The molecule has 9 nitrogen and oxygen atoms in total. The number of benzene rings is 1. The quantitative estimate of drug-likeness (QED) is 0.425. The lowest BCUT2D eigenvalue weighted by Gasteiger charge is -2.15. The van der Waals surface area contributed by atoms with Crippen molar-refractivity contribution in [2.75, 3.05) is 13.7 Å². The predicted octanol–water partition coefficient (Wildman–Crippen LogP) is 3.23. The summed E-state index contributed by atoms with van der Waals surface area (Å²) in [4.78, 5) is 21.0. The molecular weight excluding hydrogens is 416 g/mol. The van der Waals surface area contributed by atoms with Crippen LogP contribution in [0.4, 0.5) is 0 Å². The Morgan fingerprint density at radius 2 is 2.00 bits per heavy atom. The summed E-state index contributed by atoms with van der Waals surface area (Å²) in [7, 11) is 1.55. The zero-order valence-corrected chi connectivity index (χ0v) is 18.7. The van der Waals surface area contributed by atoms with Crippen molar-refractivity contribution in [3.63, 3.8) is 0 Å². The Morgan fingerprint density at radius 3 is 2.71 bits per heavy atom. The molecule has 0 fully saturated rings. The van der Waals surface area contributed by atoms with E-state index in [9.17, 15) is 4.79 Å². The number of hydrogen-bond acceptors (Lipinski definition) is 7. The van der Waals surface area contributed by atoms with E-state index in [1.807, 2.05) is 10.7 Å². The summed E-state index contributed by atoms with van der Waals surface area (Å²) in [5.41, 5.74) is 3.93. The molecule has 0 aliphatic rings. The number of aryl methyl sites for hydroxylation is 1. The summed E-state index contributed by atoms with van der Waals surface area (Å²) in [5.74, 6) is 0.203. The Hall–Kier alpha value is -3.40. The highest BCUT2D eigenvalue weighted by atomic mass is 32.1. The topological polar surface area (TPSA) is 97.0 Å². The van der Waals surface area contributed by atoms with Crippen molar-refractivity contribution >= 4 is 30.5 Å². The van der Waals surface area contributed by atoms with Crippen molar-refractivity contribution in [1.82, 2.24) is 29.5 Å². The lowest BCUT2D eigenvalue weighted by molar-refractivity contribution is 0.0526. The number of rotatable bonds is 6. The van der Waals surface area contributed by atoms with E-state index in [0.29, 0.717) is 29.1 Å². The van der Waals surface area contributed by atoms with Crippen molar-refractivity contribution in [2.45, 2.75) is 26.8 Å². The first-order chi connectivity index (χ1) is 14.5. The third kappa shape index (κ3) is 4.24. The van der Waals surface area contributed by atoms with Crippen LogP contribution in [0, 0.1) is 6.92 Å². The predicted molar refractivity (Wildman–Crippen MR) is 120 cm³/mol. The van der Waals surface area contributed by atoms with Crippen LogP contribution in [0.5, 0.6) is 5.88 Å². The number of esters is 1. The summed E-state index contributed by atoms with van der Waals surface area (Å²) in [6, 6.07) is 8.24. The van der Waals surface area contributed by atoms with Gasteiger partial charge in [-0.15, -0.1) is 0 Å². The molecule has 1 aromatic carbocycles. The summed E-state index contributed by atoms with van der Waals surface area (Å²) < 4.78 is 13.8. The molecule has 0 aliphatic heterocycles. The lowest BCUT2D eigenvalue weighted by Crippen LogP contribution is -2.11. The van der Waals surface area contributed by atoms with Gasteiger partial charge in [0, 0.05) is 6.20 Å². The maximum Gasteiger partial charge on any atom is 0.341 e. The molecule has 1 atom stereocenters. The Balaban J connectivity index is 0.00000272.